The van der Waals surface area contributed by atoms with Crippen LogP contribution in [-0.2, 0) is 0 Å². The van der Waals surface area contributed by atoms with Crippen LogP contribution < -0.4 is 10.1 Å². The second kappa shape index (κ2) is 11.7. The van der Waals surface area contributed by atoms with Gasteiger partial charge in [0.15, 0.2) is 0 Å². The monoisotopic (exact) mass is 592 g/mol. The number of rotatable bonds is 9. The molecular weight excluding hydrogens is 555 g/mol. The summed E-state index contributed by atoms with van der Waals surface area (Å²) in [7, 11) is 3.95. The van der Waals surface area contributed by atoms with Gasteiger partial charge in [0.1, 0.15) is 30.1 Å². The lowest BCUT2D eigenvalue weighted by atomic mass is 9.94. The molecule has 9 heteroatoms. The lowest BCUT2D eigenvalue weighted by molar-refractivity contribution is 0.0880. The van der Waals surface area contributed by atoms with E-state index in [2.05, 4.69) is 37.6 Å². The number of ether oxygens (including phenoxy) is 1. The fourth-order valence-electron chi connectivity index (χ4n) is 5.13. The van der Waals surface area contributed by atoms with Crippen LogP contribution in [0.15, 0.2) is 79.1 Å². The van der Waals surface area contributed by atoms with Crippen LogP contribution in [0.25, 0.3) is 55.4 Å². The van der Waals surface area contributed by atoms with Crippen molar-refractivity contribution in [2.24, 2.45) is 5.41 Å². The Labute approximate surface area is 255 Å². The first-order valence-corrected chi connectivity index (χ1v) is 14.6. The summed E-state index contributed by atoms with van der Waals surface area (Å²) in [5.41, 5.74) is 7.39. The van der Waals surface area contributed by atoms with Crippen LogP contribution in [0.2, 0.25) is 0 Å². The van der Waals surface area contributed by atoms with E-state index in [9.17, 15) is 9.50 Å². The third-order valence-electron chi connectivity index (χ3n) is 7.67. The van der Waals surface area contributed by atoms with E-state index in [1.54, 1.807) is 6.20 Å². The van der Waals surface area contributed by atoms with Crippen molar-refractivity contribution in [2.75, 3.05) is 32.6 Å². The van der Waals surface area contributed by atoms with E-state index in [1.165, 1.54) is 12.1 Å². The standard InChI is InChI=1S/C35H37FN6O2/c1-35(2,3)34(43)38-25-14-23(19-37-20-25)21-9-10-31-29(16-21)33(41-40-31)32-18-28-27(7-6-8-30(28)39-32)22-13-24(36)17-26(15-22)44-12-11-42(4)5/h6-10,13-20,34,38-39,43H,11-12H2,1-5H3,(H,40,41). The maximum atomic E-state index is 14.7. The molecule has 0 saturated heterocycles. The molecule has 6 rings (SSSR count). The third kappa shape index (κ3) is 6.15. The van der Waals surface area contributed by atoms with Crippen LogP contribution in [0.1, 0.15) is 20.8 Å². The van der Waals surface area contributed by atoms with E-state index in [0.29, 0.717) is 12.4 Å². The van der Waals surface area contributed by atoms with Gasteiger partial charge in [-0.3, -0.25) is 10.1 Å². The summed E-state index contributed by atoms with van der Waals surface area (Å²) >= 11 is 0. The Bertz CT molecular complexity index is 1940. The number of aromatic amines is 2. The third-order valence-corrected chi connectivity index (χ3v) is 7.67. The van der Waals surface area contributed by atoms with Crippen LogP contribution in [-0.4, -0.2) is 63.6 Å². The SMILES string of the molecule is CN(C)CCOc1cc(F)cc(-c2cccc3[nH]c(-c4n[nH]c5ccc(-c6cncc(NC(O)C(C)(C)C)c6)cc45)cc23)c1. The molecule has 44 heavy (non-hydrogen) atoms. The maximum Gasteiger partial charge on any atom is 0.129 e. The number of nitrogens with zero attached hydrogens (tertiary/aromatic N) is 3. The number of H-pyrrole nitrogens is 2. The topological polar surface area (TPSA) is 102 Å². The highest BCUT2D eigenvalue weighted by Gasteiger charge is 2.22. The van der Waals surface area contributed by atoms with E-state index in [1.807, 2.05) is 88.4 Å². The minimum Gasteiger partial charge on any atom is -0.492 e. The van der Waals surface area contributed by atoms with Crippen LogP contribution in [0.3, 0.4) is 0 Å². The molecule has 3 aromatic carbocycles. The molecule has 3 heterocycles. The average molecular weight is 593 g/mol. The largest absolute Gasteiger partial charge is 0.492 e. The Morgan fingerprint density at radius 2 is 1.77 bits per heavy atom. The zero-order chi connectivity index (χ0) is 31.0. The molecule has 6 aromatic rings. The predicted molar refractivity (Wildman–Crippen MR) is 175 cm³/mol. The van der Waals surface area contributed by atoms with Crippen molar-refractivity contribution >= 4 is 27.5 Å². The van der Waals surface area contributed by atoms with Crippen LogP contribution in [0.4, 0.5) is 10.1 Å². The van der Waals surface area contributed by atoms with Crippen molar-refractivity contribution in [3.63, 3.8) is 0 Å². The summed E-state index contributed by atoms with van der Waals surface area (Å²) in [5, 5.41) is 23.4. The fraction of sp³-hybridized carbons (Fsp3) is 0.257. The van der Waals surface area contributed by atoms with Gasteiger partial charge in [0.05, 0.1) is 23.1 Å². The molecule has 0 bridgehead atoms. The van der Waals surface area contributed by atoms with Gasteiger partial charge in [-0.2, -0.15) is 5.10 Å². The minimum absolute atomic E-state index is 0.323. The zero-order valence-electron chi connectivity index (χ0n) is 25.6. The molecule has 0 aliphatic carbocycles. The second-order valence-electron chi connectivity index (χ2n) is 12.5. The second-order valence-corrected chi connectivity index (χ2v) is 12.5. The van der Waals surface area contributed by atoms with Gasteiger partial charge in [-0.25, -0.2) is 4.39 Å². The summed E-state index contributed by atoms with van der Waals surface area (Å²) in [4.78, 5) is 9.95. The number of hydrogen-bond donors (Lipinski definition) is 4. The molecule has 8 nitrogen and oxygen atoms in total. The van der Waals surface area contributed by atoms with E-state index >= 15 is 0 Å². The van der Waals surface area contributed by atoms with Crippen LogP contribution in [0, 0.1) is 11.2 Å². The maximum absolute atomic E-state index is 14.7. The first kappa shape index (κ1) is 29.3. The number of nitrogens with one attached hydrogen (secondary N) is 3. The molecule has 0 aliphatic heterocycles. The summed E-state index contributed by atoms with van der Waals surface area (Å²) < 4.78 is 20.5. The number of hydrogen-bond acceptors (Lipinski definition) is 6. The van der Waals surface area contributed by atoms with Crippen molar-refractivity contribution in [2.45, 2.75) is 27.0 Å². The highest BCUT2D eigenvalue weighted by atomic mass is 19.1. The van der Waals surface area contributed by atoms with Gasteiger partial charge in [-0.05, 0) is 73.3 Å². The Morgan fingerprint density at radius 1 is 0.932 bits per heavy atom. The zero-order valence-corrected chi connectivity index (χ0v) is 25.6. The van der Waals surface area contributed by atoms with Gasteiger partial charge in [0.2, 0.25) is 0 Å². The van der Waals surface area contributed by atoms with E-state index < -0.39 is 6.23 Å². The van der Waals surface area contributed by atoms with Crippen molar-refractivity contribution in [1.29, 1.82) is 0 Å². The van der Waals surface area contributed by atoms with Gasteiger partial charge in [-0.15, -0.1) is 0 Å². The van der Waals surface area contributed by atoms with Gasteiger partial charge in [-0.1, -0.05) is 39.0 Å². The number of aliphatic hydroxyl groups is 1. The van der Waals surface area contributed by atoms with Crippen molar-refractivity contribution in [3.05, 3.63) is 84.9 Å². The van der Waals surface area contributed by atoms with Gasteiger partial charge < -0.3 is 25.0 Å². The lowest BCUT2D eigenvalue weighted by Crippen LogP contribution is -2.33. The molecular formula is C35H37FN6O2. The number of anilines is 1. The highest BCUT2D eigenvalue weighted by Crippen LogP contribution is 2.37. The molecule has 0 fully saturated rings. The highest BCUT2D eigenvalue weighted by molar-refractivity contribution is 6.02. The predicted octanol–water partition coefficient (Wildman–Crippen LogP) is 7.30. The molecule has 0 aliphatic rings. The number of aromatic nitrogens is 4. The smallest absolute Gasteiger partial charge is 0.129 e. The van der Waals surface area contributed by atoms with Gasteiger partial charge in [0, 0.05) is 46.1 Å². The quantitative estimate of drug-likeness (QED) is 0.132. The van der Waals surface area contributed by atoms with Gasteiger partial charge >= 0.3 is 0 Å². The minimum atomic E-state index is -0.719. The van der Waals surface area contributed by atoms with Crippen molar-refractivity contribution < 1.29 is 14.2 Å². The molecule has 0 amide bonds. The first-order chi connectivity index (χ1) is 21.0. The normalized spacial score (nSPS) is 12.7. The number of halogens is 1. The number of likely N-dealkylation sites (N-methyl/N-ethyl adjacent to an activating group) is 1. The van der Waals surface area contributed by atoms with Crippen LogP contribution >= 0.6 is 0 Å². The van der Waals surface area contributed by atoms with Crippen LogP contribution in [0.5, 0.6) is 5.75 Å². The van der Waals surface area contributed by atoms with E-state index in [4.69, 9.17) is 4.74 Å². The Hall–Kier alpha value is -4.73. The molecule has 226 valence electrons. The fourth-order valence-corrected chi connectivity index (χ4v) is 5.13. The van der Waals surface area contributed by atoms with E-state index in [-0.39, 0.29) is 11.2 Å². The van der Waals surface area contributed by atoms with Gasteiger partial charge in [0.25, 0.3) is 0 Å². The molecule has 0 radical (unpaired) electrons. The summed E-state index contributed by atoms with van der Waals surface area (Å²) in [6.07, 6.45) is 2.80. The molecule has 0 spiro atoms. The summed E-state index contributed by atoms with van der Waals surface area (Å²) in [6.45, 7) is 7.13. The molecule has 1 unspecified atom stereocenters. The molecule has 0 saturated carbocycles. The lowest BCUT2D eigenvalue weighted by Gasteiger charge is -2.27. The average Bonchev–Trinajstić information content (AvgIpc) is 3.60. The summed E-state index contributed by atoms with van der Waals surface area (Å²) in [6, 6.07) is 21.0. The van der Waals surface area contributed by atoms with E-state index in [0.717, 1.165) is 67.7 Å². The number of fused-ring (bicyclic) bond motifs is 2. The first-order valence-electron chi connectivity index (χ1n) is 14.6. The number of benzene rings is 3. The molecule has 4 N–H and O–H groups in total. The molecule has 1 atom stereocenters. The Morgan fingerprint density at radius 3 is 2.57 bits per heavy atom. The number of pyridine rings is 1. The van der Waals surface area contributed by atoms with Crippen molar-refractivity contribution in [1.82, 2.24) is 25.1 Å². The summed E-state index contributed by atoms with van der Waals surface area (Å²) in [5.74, 6) is 0.157. The van der Waals surface area contributed by atoms with Crippen molar-refractivity contribution in [3.8, 4) is 39.4 Å². The molecule has 3 aromatic heterocycles. The number of aliphatic hydroxyl groups excluding tert-OH is 1. The Kier molecular flexibility index (Phi) is 7.84. The Balaban J connectivity index is 1.35.